The van der Waals surface area contributed by atoms with Crippen molar-refractivity contribution in [3.05, 3.63) is 118 Å². The molecule has 14 nitrogen and oxygen atoms in total. The molecule has 2 heterocycles. The van der Waals surface area contributed by atoms with Gasteiger partial charge >= 0.3 is 17.9 Å². The molecular formula is C39H41F3N8O6S. The van der Waals surface area contributed by atoms with Crippen molar-refractivity contribution >= 4 is 22.1 Å². The molecule has 0 atom stereocenters. The molecule has 57 heavy (non-hydrogen) atoms. The number of carbonyl (C=O) groups excluding carboxylic acids is 2. The van der Waals surface area contributed by atoms with Gasteiger partial charge in [0.15, 0.2) is 6.54 Å². The van der Waals surface area contributed by atoms with Crippen LogP contribution in [0.15, 0.2) is 101 Å². The van der Waals surface area contributed by atoms with Crippen molar-refractivity contribution in [1.29, 1.82) is 5.26 Å². The lowest BCUT2D eigenvalue weighted by Crippen LogP contribution is -2.50. The number of quaternary nitrogens is 1. The third kappa shape index (κ3) is 10.4. The summed E-state index contributed by atoms with van der Waals surface area (Å²) >= 11 is 0. The van der Waals surface area contributed by atoms with Gasteiger partial charge in [-0.1, -0.05) is 24.3 Å². The number of halogens is 3. The van der Waals surface area contributed by atoms with Crippen molar-refractivity contribution in [2.24, 2.45) is 0 Å². The molecule has 0 aliphatic heterocycles. The second kappa shape index (κ2) is 17.0. The minimum absolute atomic E-state index is 0.0357. The van der Waals surface area contributed by atoms with E-state index in [-0.39, 0.29) is 40.0 Å². The summed E-state index contributed by atoms with van der Waals surface area (Å²) in [6, 6.07) is 20.7. The van der Waals surface area contributed by atoms with Crippen molar-refractivity contribution in [3.63, 3.8) is 0 Å². The molecule has 2 N–H and O–H groups in total. The first-order valence-electron chi connectivity index (χ1n) is 17.8. The van der Waals surface area contributed by atoms with Gasteiger partial charge in [0, 0.05) is 12.1 Å². The van der Waals surface area contributed by atoms with E-state index >= 15 is 0 Å². The number of aromatic nitrogens is 4. The van der Waals surface area contributed by atoms with Gasteiger partial charge < -0.3 is 19.7 Å². The van der Waals surface area contributed by atoms with Gasteiger partial charge in [-0.15, -0.1) is 0 Å². The molecule has 1 saturated carbocycles. The maximum absolute atomic E-state index is 14.0. The van der Waals surface area contributed by atoms with E-state index in [1.165, 1.54) is 47.3 Å². The predicted octanol–water partition coefficient (Wildman–Crippen LogP) is 4.97. The molecule has 0 unspecified atom stereocenters. The molecule has 6 rings (SSSR count). The van der Waals surface area contributed by atoms with E-state index in [0.717, 1.165) is 21.3 Å². The number of likely N-dealkylation sites (N-methyl/N-ethyl adjacent to an activating group) is 1. The number of nitrogens with one attached hydrogen (secondary N) is 2. The Labute approximate surface area is 327 Å². The molecule has 2 aromatic heterocycles. The number of hydrogen-bond acceptors (Lipinski definition) is 8. The molecule has 18 heteroatoms. The molecule has 0 radical (unpaired) electrons. The summed E-state index contributed by atoms with van der Waals surface area (Å²) in [6.07, 6.45) is -0.788. The first-order chi connectivity index (χ1) is 26.8. The Morgan fingerprint density at radius 2 is 1.53 bits per heavy atom. The van der Waals surface area contributed by atoms with E-state index in [1.807, 2.05) is 27.2 Å². The summed E-state index contributed by atoms with van der Waals surface area (Å²) in [6.45, 7) is 1.89. The minimum Gasteiger partial charge on any atom is -0.744 e. The number of rotatable bonds is 8. The Bertz CT molecular complexity index is 2440. The Hall–Kier alpha value is -6.03. The highest BCUT2D eigenvalue weighted by molar-refractivity contribution is 7.85. The normalized spacial score (nSPS) is 15.8. The van der Waals surface area contributed by atoms with Gasteiger partial charge in [0.1, 0.15) is 15.8 Å². The topological polar surface area (TPSA) is 184 Å². The third-order valence-corrected chi connectivity index (χ3v) is 9.96. The van der Waals surface area contributed by atoms with Gasteiger partial charge in [-0.2, -0.15) is 23.5 Å². The number of hydrogen-bond donors (Lipinski definition) is 2. The van der Waals surface area contributed by atoms with Gasteiger partial charge in [-0.05, 0) is 93.3 Å². The van der Waals surface area contributed by atoms with Crippen LogP contribution < -0.4 is 16.3 Å². The molecule has 1 aliphatic carbocycles. The van der Waals surface area contributed by atoms with E-state index in [1.54, 1.807) is 43.3 Å². The second-order valence-corrected chi connectivity index (χ2v) is 15.9. The number of alkyl halides is 3. The monoisotopic (exact) mass is 806 g/mol. The van der Waals surface area contributed by atoms with Crippen molar-refractivity contribution in [2.45, 2.75) is 55.8 Å². The molecule has 0 saturated heterocycles. The molecule has 1 aliphatic rings. The van der Waals surface area contributed by atoms with Crippen LogP contribution in [0.1, 0.15) is 42.5 Å². The number of imidazole rings is 1. The molecule has 2 amide bonds. The predicted molar refractivity (Wildman–Crippen MR) is 202 cm³/mol. The number of nitriles is 1. The largest absolute Gasteiger partial charge is 0.744 e. The minimum atomic E-state index is -4.64. The lowest BCUT2D eigenvalue weighted by atomic mass is 9.91. The number of benzene rings is 3. The zero-order valence-electron chi connectivity index (χ0n) is 31.5. The fourth-order valence-corrected chi connectivity index (χ4v) is 6.99. The van der Waals surface area contributed by atoms with Crippen molar-refractivity contribution in [3.8, 4) is 28.8 Å². The maximum atomic E-state index is 14.0. The highest BCUT2D eigenvalue weighted by atomic mass is 32.2. The Kier molecular flexibility index (Phi) is 12.6. The van der Waals surface area contributed by atoms with E-state index in [9.17, 15) is 45.8 Å². The first-order valence-corrected chi connectivity index (χ1v) is 19.2. The molecule has 0 bridgehead atoms. The average Bonchev–Trinajstić information content (AvgIpc) is 3.73. The Morgan fingerprint density at radius 3 is 2.07 bits per heavy atom. The smallest absolute Gasteiger partial charge is 0.416 e. The van der Waals surface area contributed by atoms with Crippen LogP contribution in [0.3, 0.4) is 0 Å². The molecule has 5 aromatic rings. The van der Waals surface area contributed by atoms with E-state index in [2.05, 4.69) is 15.7 Å². The van der Waals surface area contributed by atoms with Crippen LogP contribution >= 0.6 is 0 Å². The summed E-state index contributed by atoms with van der Waals surface area (Å²) in [5.74, 6) is -0.0496. The van der Waals surface area contributed by atoms with Gasteiger partial charge in [0.25, 0.3) is 5.91 Å². The van der Waals surface area contributed by atoms with Crippen LogP contribution in [0.5, 0.6) is 0 Å². The Balaban J connectivity index is 0.000000540. The van der Waals surface area contributed by atoms with Crippen molar-refractivity contribution < 1.29 is 40.2 Å². The summed E-state index contributed by atoms with van der Waals surface area (Å²) < 4.78 is 75.7. The third-order valence-electron chi connectivity index (χ3n) is 9.12. The fraction of sp³-hybridized carbons (Fsp3) is 0.308. The van der Waals surface area contributed by atoms with E-state index < -0.39 is 33.6 Å². The lowest BCUT2D eigenvalue weighted by Gasteiger charge is -2.31. The molecule has 300 valence electrons. The van der Waals surface area contributed by atoms with Crippen LogP contribution in [0, 0.1) is 18.3 Å². The highest BCUT2D eigenvalue weighted by Crippen LogP contribution is 2.32. The average molecular weight is 807 g/mol. The number of amides is 2. The summed E-state index contributed by atoms with van der Waals surface area (Å²) in [5, 5.41) is 19.6. The SMILES string of the molecule is Cc1c(-c2ccnn2-c2ccc(C#N)cc2)n(C(=O)NC2CCC(NC(=O)C[N+](C)(C)C)CC2)c(=O)n1-c1cccc(C(F)(F)F)c1.O=S(=O)([O-])c1ccccc1. The fourth-order valence-electron chi connectivity index (χ4n) is 6.50. The summed E-state index contributed by atoms with van der Waals surface area (Å²) in [7, 11) is 1.54. The van der Waals surface area contributed by atoms with Gasteiger partial charge in [-0.3, -0.25) is 9.36 Å². The molecule has 0 spiro atoms. The van der Waals surface area contributed by atoms with Gasteiger partial charge in [0.05, 0.1) is 72.2 Å². The standard InChI is InChI=1S/C33H35F3N8O3.C6H6O3S/c1-21-30(28-16-17-38-43(28)26-14-8-22(19-37)9-15-26)42(32(47)41(21)27-7-5-6-23(18-27)33(34,35)36)31(46)40-25-12-10-24(11-13-25)39-29(45)20-44(2,3)4;7-10(8,9)6-4-2-1-3-5-6/h5-9,14-18,24-25H,10-13,20H2,1-4H3,(H-,39,40,45,46);1-5H,(H,7,8,9). The van der Waals surface area contributed by atoms with Crippen LogP contribution in [0.4, 0.5) is 18.0 Å². The van der Waals surface area contributed by atoms with E-state index in [0.29, 0.717) is 53.7 Å². The highest BCUT2D eigenvalue weighted by Gasteiger charge is 2.33. The molecule has 1 fully saturated rings. The number of carbonyl (C=O) groups is 2. The maximum Gasteiger partial charge on any atom is 0.416 e. The summed E-state index contributed by atoms with van der Waals surface area (Å²) in [4.78, 5) is 40.2. The first kappa shape index (κ1) is 42.1. The van der Waals surface area contributed by atoms with Crippen molar-refractivity contribution in [2.75, 3.05) is 27.7 Å². The van der Waals surface area contributed by atoms with Crippen LogP contribution in [0.2, 0.25) is 0 Å². The number of nitrogens with zero attached hydrogens (tertiary/aromatic N) is 6. The van der Waals surface area contributed by atoms with E-state index in [4.69, 9.17) is 0 Å². The molecule has 3 aromatic carbocycles. The zero-order chi connectivity index (χ0) is 41.7. The van der Waals surface area contributed by atoms with Crippen LogP contribution in [-0.2, 0) is 21.1 Å². The van der Waals surface area contributed by atoms with Crippen LogP contribution in [-0.4, -0.2) is 88.1 Å². The molecular weight excluding hydrogens is 766 g/mol. The van der Waals surface area contributed by atoms with Gasteiger partial charge in [0.2, 0.25) is 0 Å². The van der Waals surface area contributed by atoms with Crippen LogP contribution in [0.25, 0.3) is 22.8 Å². The van der Waals surface area contributed by atoms with Gasteiger partial charge in [-0.25, -0.2) is 27.3 Å². The zero-order valence-corrected chi connectivity index (χ0v) is 32.3. The quantitative estimate of drug-likeness (QED) is 0.163. The second-order valence-electron chi connectivity index (χ2n) is 14.5. The Morgan fingerprint density at radius 1 is 0.912 bits per heavy atom. The van der Waals surface area contributed by atoms with Crippen molar-refractivity contribution in [1.82, 2.24) is 29.5 Å². The summed E-state index contributed by atoms with van der Waals surface area (Å²) in [5.41, 5.74) is -0.153. The lowest BCUT2D eigenvalue weighted by molar-refractivity contribution is -0.862.